The Labute approximate surface area is 89.3 Å². The largest absolute Gasteiger partial charge is 0.355 e. The molecule has 0 atom stereocenters. The first-order valence-corrected chi connectivity index (χ1v) is 5.64. The molecule has 0 spiro atoms. The minimum atomic E-state index is 0.113. The second-order valence-electron chi connectivity index (χ2n) is 4.59. The molecule has 14 heavy (non-hydrogen) atoms. The molecule has 1 aromatic heterocycles. The van der Waals surface area contributed by atoms with Gasteiger partial charge in [-0.05, 0) is 16.9 Å². The van der Waals surface area contributed by atoms with E-state index in [0.29, 0.717) is 6.42 Å². The highest BCUT2D eigenvalue weighted by Crippen LogP contribution is 2.11. The summed E-state index contributed by atoms with van der Waals surface area (Å²) in [6.45, 7) is 7.06. The molecule has 0 aliphatic rings. The molecular formula is C11H17NOS. The number of amides is 1. The Bertz CT molecular complexity index is 285. The lowest BCUT2D eigenvalue weighted by atomic mass is 9.97. The fraction of sp³-hybridized carbons (Fsp3) is 0.545. The van der Waals surface area contributed by atoms with Crippen LogP contribution in [-0.4, -0.2) is 12.5 Å². The molecule has 0 saturated heterocycles. The molecule has 1 amide bonds. The predicted octanol–water partition coefficient (Wildman–Crippen LogP) is 2.45. The van der Waals surface area contributed by atoms with Crippen LogP contribution in [0.4, 0.5) is 0 Å². The first-order valence-electron chi connectivity index (χ1n) is 4.76. The van der Waals surface area contributed by atoms with E-state index in [9.17, 15) is 4.79 Å². The van der Waals surface area contributed by atoms with Gasteiger partial charge >= 0.3 is 0 Å². The fourth-order valence-electron chi connectivity index (χ4n) is 0.998. The molecule has 0 saturated carbocycles. The summed E-state index contributed by atoms with van der Waals surface area (Å²) in [6, 6.07) is 3.96. The number of rotatable bonds is 3. The molecule has 0 unspecified atom stereocenters. The molecule has 1 heterocycles. The third kappa shape index (κ3) is 4.42. The summed E-state index contributed by atoms with van der Waals surface area (Å²) in [6.07, 6.45) is 0.508. The maximum absolute atomic E-state index is 11.5. The van der Waals surface area contributed by atoms with Gasteiger partial charge in [0.05, 0.1) is 6.42 Å². The van der Waals surface area contributed by atoms with Crippen LogP contribution in [0.15, 0.2) is 17.5 Å². The summed E-state index contributed by atoms with van der Waals surface area (Å²) in [5.41, 5.74) is 0.158. The lowest BCUT2D eigenvalue weighted by Crippen LogP contribution is -2.33. The third-order valence-corrected chi connectivity index (χ3v) is 2.61. The Kier molecular flexibility index (Phi) is 3.69. The molecule has 78 valence electrons. The monoisotopic (exact) mass is 211 g/mol. The fourth-order valence-corrected chi connectivity index (χ4v) is 1.70. The van der Waals surface area contributed by atoms with Gasteiger partial charge in [-0.25, -0.2) is 0 Å². The molecule has 0 aromatic carbocycles. The van der Waals surface area contributed by atoms with Gasteiger partial charge in [-0.1, -0.05) is 26.8 Å². The van der Waals surface area contributed by atoms with E-state index in [-0.39, 0.29) is 11.3 Å². The van der Waals surface area contributed by atoms with Crippen LogP contribution in [0.3, 0.4) is 0 Å². The highest BCUT2D eigenvalue weighted by molar-refractivity contribution is 7.10. The predicted molar refractivity (Wildman–Crippen MR) is 60.5 cm³/mol. The Balaban J connectivity index is 2.30. The van der Waals surface area contributed by atoms with Crippen LogP contribution < -0.4 is 5.32 Å². The van der Waals surface area contributed by atoms with E-state index >= 15 is 0 Å². The summed E-state index contributed by atoms with van der Waals surface area (Å²) in [7, 11) is 0. The van der Waals surface area contributed by atoms with Crippen molar-refractivity contribution < 1.29 is 4.79 Å². The van der Waals surface area contributed by atoms with E-state index < -0.39 is 0 Å². The summed E-state index contributed by atoms with van der Waals surface area (Å²) < 4.78 is 0. The van der Waals surface area contributed by atoms with Crippen LogP contribution >= 0.6 is 11.3 Å². The smallest absolute Gasteiger partial charge is 0.225 e. The van der Waals surface area contributed by atoms with E-state index in [1.165, 1.54) is 0 Å². The van der Waals surface area contributed by atoms with Gasteiger partial charge in [-0.3, -0.25) is 4.79 Å². The molecule has 0 aliphatic carbocycles. The van der Waals surface area contributed by atoms with Crippen molar-refractivity contribution in [2.75, 3.05) is 6.54 Å². The van der Waals surface area contributed by atoms with E-state index in [1.54, 1.807) is 11.3 Å². The summed E-state index contributed by atoms with van der Waals surface area (Å²) in [5.74, 6) is 0.113. The van der Waals surface area contributed by atoms with E-state index in [2.05, 4.69) is 26.1 Å². The lowest BCUT2D eigenvalue weighted by molar-refractivity contribution is -0.120. The minimum Gasteiger partial charge on any atom is -0.355 e. The molecule has 1 rings (SSSR count). The topological polar surface area (TPSA) is 29.1 Å². The standard InChI is InChI=1S/C11H17NOS/c1-11(2,3)8-12-10(13)7-9-5-4-6-14-9/h4-6H,7-8H2,1-3H3,(H,12,13). The Morgan fingerprint density at radius 2 is 2.21 bits per heavy atom. The normalized spacial score (nSPS) is 11.4. The van der Waals surface area contributed by atoms with Gasteiger partial charge in [0.2, 0.25) is 5.91 Å². The van der Waals surface area contributed by atoms with Gasteiger partial charge in [-0.2, -0.15) is 0 Å². The minimum absolute atomic E-state index is 0.113. The zero-order valence-electron chi connectivity index (χ0n) is 8.96. The van der Waals surface area contributed by atoms with Crippen molar-refractivity contribution >= 4 is 17.2 Å². The SMILES string of the molecule is CC(C)(C)CNC(=O)Cc1cccs1. The number of hydrogen-bond acceptors (Lipinski definition) is 2. The second-order valence-corrected chi connectivity index (χ2v) is 5.63. The first-order chi connectivity index (χ1) is 6.47. The zero-order valence-corrected chi connectivity index (χ0v) is 9.78. The maximum Gasteiger partial charge on any atom is 0.225 e. The molecule has 0 aliphatic heterocycles. The second kappa shape index (κ2) is 4.60. The Morgan fingerprint density at radius 1 is 1.50 bits per heavy atom. The zero-order chi connectivity index (χ0) is 10.6. The van der Waals surface area contributed by atoms with Crippen molar-refractivity contribution in [3.63, 3.8) is 0 Å². The summed E-state index contributed by atoms with van der Waals surface area (Å²) in [4.78, 5) is 12.6. The van der Waals surface area contributed by atoms with Crippen molar-refractivity contribution in [3.8, 4) is 0 Å². The number of carbonyl (C=O) groups excluding carboxylic acids is 1. The van der Waals surface area contributed by atoms with Gasteiger partial charge < -0.3 is 5.32 Å². The van der Waals surface area contributed by atoms with Gasteiger partial charge in [0.1, 0.15) is 0 Å². The molecule has 0 fully saturated rings. The molecule has 2 nitrogen and oxygen atoms in total. The van der Waals surface area contributed by atoms with E-state index in [0.717, 1.165) is 11.4 Å². The third-order valence-electron chi connectivity index (χ3n) is 1.73. The van der Waals surface area contributed by atoms with Crippen molar-refractivity contribution in [3.05, 3.63) is 22.4 Å². The number of nitrogens with one attached hydrogen (secondary N) is 1. The van der Waals surface area contributed by atoms with E-state index in [4.69, 9.17) is 0 Å². The van der Waals surface area contributed by atoms with Gasteiger partial charge in [0.15, 0.2) is 0 Å². The van der Waals surface area contributed by atoms with Crippen LogP contribution in [-0.2, 0) is 11.2 Å². The van der Waals surface area contributed by atoms with Gasteiger partial charge in [0, 0.05) is 11.4 Å². The van der Waals surface area contributed by atoms with Crippen LogP contribution in [0.1, 0.15) is 25.6 Å². The average molecular weight is 211 g/mol. The highest BCUT2D eigenvalue weighted by Gasteiger charge is 2.12. The molecular weight excluding hydrogens is 194 g/mol. The summed E-state index contributed by atoms with van der Waals surface area (Å²) in [5, 5.41) is 4.92. The lowest BCUT2D eigenvalue weighted by Gasteiger charge is -2.18. The van der Waals surface area contributed by atoms with Crippen molar-refractivity contribution in [2.45, 2.75) is 27.2 Å². The van der Waals surface area contributed by atoms with Crippen LogP contribution in [0.2, 0.25) is 0 Å². The van der Waals surface area contributed by atoms with Gasteiger partial charge in [-0.15, -0.1) is 11.3 Å². The van der Waals surface area contributed by atoms with Gasteiger partial charge in [0.25, 0.3) is 0 Å². The first kappa shape index (κ1) is 11.2. The van der Waals surface area contributed by atoms with Crippen molar-refractivity contribution in [2.24, 2.45) is 5.41 Å². The molecule has 1 N–H and O–H groups in total. The molecule has 1 aromatic rings. The van der Waals surface area contributed by atoms with Crippen LogP contribution in [0.25, 0.3) is 0 Å². The molecule has 3 heteroatoms. The Morgan fingerprint density at radius 3 is 2.71 bits per heavy atom. The van der Waals surface area contributed by atoms with Crippen LogP contribution in [0, 0.1) is 5.41 Å². The number of thiophene rings is 1. The number of carbonyl (C=O) groups is 1. The van der Waals surface area contributed by atoms with Crippen LogP contribution in [0.5, 0.6) is 0 Å². The van der Waals surface area contributed by atoms with Crippen molar-refractivity contribution in [1.29, 1.82) is 0 Å². The average Bonchev–Trinajstić information content (AvgIpc) is 2.52. The molecule has 0 radical (unpaired) electrons. The summed E-state index contributed by atoms with van der Waals surface area (Å²) >= 11 is 1.62. The van der Waals surface area contributed by atoms with E-state index in [1.807, 2.05) is 17.5 Å². The quantitative estimate of drug-likeness (QED) is 0.817. The highest BCUT2D eigenvalue weighted by atomic mass is 32.1. The Hall–Kier alpha value is -0.830. The molecule has 0 bridgehead atoms. The maximum atomic E-state index is 11.5. The number of hydrogen-bond donors (Lipinski definition) is 1. The van der Waals surface area contributed by atoms with Crippen molar-refractivity contribution in [1.82, 2.24) is 5.32 Å².